The molecule has 1 aromatic rings. The van der Waals surface area contributed by atoms with Crippen molar-refractivity contribution in [1.29, 1.82) is 0 Å². The first kappa shape index (κ1) is 14.4. The van der Waals surface area contributed by atoms with Crippen LogP contribution in [0.3, 0.4) is 0 Å². The summed E-state index contributed by atoms with van der Waals surface area (Å²) in [5.74, 6) is 0.195. The molecule has 1 aromatic carbocycles. The molecular weight excluding hydrogens is 241 g/mol. The van der Waals surface area contributed by atoms with Crippen molar-refractivity contribution in [1.82, 2.24) is 0 Å². The molecular formula is C13H19ClFNO. The molecule has 96 valence electrons. The minimum absolute atomic E-state index is 0.0134. The molecule has 0 saturated carbocycles. The summed E-state index contributed by atoms with van der Waals surface area (Å²) in [6.45, 7) is 4.79. The Bertz CT molecular complexity index is 337. The molecule has 2 nitrogen and oxygen atoms in total. The molecule has 0 aliphatic rings. The summed E-state index contributed by atoms with van der Waals surface area (Å²) >= 11 is 5.88. The molecule has 0 radical (unpaired) electrons. The number of rotatable bonds is 6. The van der Waals surface area contributed by atoms with E-state index in [1.165, 1.54) is 6.07 Å². The van der Waals surface area contributed by atoms with Crippen LogP contribution in [0.1, 0.15) is 25.8 Å². The Morgan fingerprint density at radius 3 is 2.71 bits per heavy atom. The van der Waals surface area contributed by atoms with Crippen molar-refractivity contribution >= 4 is 11.6 Å². The highest BCUT2D eigenvalue weighted by atomic mass is 35.5. The lowest BCUT2D eigenvalue weighted by atomic mass is 10.1. The van der Waals surface area contributed by atoms with Gasteiger partial charge in [0.25, 0.3) is 0 Å². The van der Waals surface area contributed by atoms with Crippen LogP contribution in [0.25, 0.3) is 0 Å². The number of hydrogen-bond donors (Lipinski definition) is 1. The Morgan fingerprint density at radius 1 is 1.41 bits per heavy atom. The number of hydrogen-bond acceptors (Lipinski definition) is 2. The minimum Gasteiger partial charge on any atom is -0.375 e. The Kier molecular flexibility index (Phi) is 5.89. The van der Waals surface area contributed by atoms with Gasteiger partial charge in [0.2, 0.25) is 0 Å². The highest BCUT2D eigenvalue weighted by Crippen LogP contribution is 2.19. The van der Waals surface area contributed by atoms with Crippen LogP contribution in [-0.2, 0) is 11.3 Å². The van der Waals surface area contributed by atoms with Gasteiger partial charge in [-0.1, -0.05) is 31.5 Å². The fraction of sp³-hybridized carbons (Fsp3) is 0.538. The van der Waals surface area contributed by atoms with Crippen LogP contribution >= 0.6 is 11.6 Å². The van der Waals surface area contributed by atoms with Gasteiger partial charge in [0.1, 0.15) is 5.82 Å². The lowest BCUT2D eigenvalue weighted by Gasteiger charge is -2.14. The van der Waals surface area contributed by atoms with E-state index < -0.39 is 0 Å². The van der Waals surface area contributed by atoms with Gasteiger partial charge in [0, 0.05) is 16.6 Å². The third kappa shape index (κ3) is 5.02. The second-order valence-corrected chi connectivity index (χ2v) is 5.01. The third-order valence-electron chi connectivity index (χ3n) is 2.41. The fourth-order valence-corrected chi connectivity index (χ4v) is 1.87. The molecule has 0 bridgehead atoms. The summed E-state index contributed by atoms with van der Waals surface area (Å²) in [5, 5.41) is 0.391. The molecule has 0 amide bonds. The molecule has 2 N–H and O–H groups in total. The summed E-state index contributed by atoms with van der Waals surface area (Å²) in [6.07, 6.45) is 0.894. The van der Waals surface area contributed by atoms with E-state index in [4.69, 9.17) is 22.1 Å². The van der Waals surface area contributed by atoms with Crippen LogP contribution < -0.4 is 5.73 Å². The first-order valence-electron chi connectivity index (χ1n) is 5.77. The lowest BCUT2D eigenvalue weighted by Crippen LogP contribution is -2.27. The Morgan fingerprint density at radius 2 is 2.12 bits per heavy atom. The number of ether oxygens (including phenoxy) is 1. The van der Waals surface area contributed by atoms with Crippen LogP contribution in [-0.4, -0.2) is 12.6 Å². The molecule has 1 rings (SSSR count). The first-order valence-corrected chi connectivity index (χ1v) is 6.14. The number of benzene rings is 1. The van der Waals surface area contributed by atoms with E-state index in [1.54, 1.807) is 12.1 Å². The predicted molar refractivity (Wildman–Crippen MR) is 68.5 cm³/mol. The van der Waals surface area contributed by atoms with E-state index >= 15 is 0 Å². The monoisotopic (exact) mass is 259 g/mol. The zero-order valence-electron chi connectivity index (χ0n) is 10.2. The van der Waals surface area contributed by atoms with Crippen LogP contribution in [0.15, 0.2) is 18.2 Å². The van der Waals surface area contributed by atoms with E-state index in [1.807, 2.05) is 0 Å². The average Bonchev–Trinajstić information content (AvgIpc) is 2.21. The average molecular weight is 260 g/mol. The third-order valence-corrected chi connectivity index (χ3v) is 2.77. The molecule has 4 heteroatoms. The van der Waals surface area contributed by atoms with Crippen LogP contribution in [0, 0.1) is 11.7 Å². The van der Waals surface area contributed by atoms with Crippen molar-refractivity contribution in [3.8, 4) is 0 Å². The van der Waals surface area contributed by atoms with Crippen molar-refractivity contribution < 1.29 is 9.13 Å². The van der Waals surface area contributed by atoms with Gasteiger partial charge in [-0.2, -0.15) is 0 Å². The number of nitrogens with two attached hydrogens (primary N) is 1. The minimum atomic E-state index is -0.338. The SMILES string of the molecule is CC(C)C[C@H](N)COCc1c(F)cccc1Cl. The highest BCUT2D eigenvalue weighted by molar-refractivity contribution is 6.31. The van der Waals surface area contributed by atoms with Crippen LogP contribution in [0.2, 0.25) is 5.02 Å². The molecule has 1 atom stereocenters. The fourth-order valence-electron chi connectivity index (χ4n) is 1.66. The first-order chi connectivity index (χ1) is 8.00. The summed E-state index contributed by atoms with van der Waals surface area (Å²) in [6, 6.07) is 4.59. The van der Waals surface area contributed by atoms with Crippen molar-refractivity contribution in [3.05, 3.63) is 34.6 Å². The smallest absolute Gasteiger partial charge is 0.130 e. The van der Waals surface area contributed by atoms with Crippen molar-refractivity contribution in [2.75, 3.05) is 6.61 Å². The van der Waals surface area contributed by atoms with E-state index in [0.717, 1.165) is 6.42 Å². The lowest BCUT2D eigenvalue weighted by molar-refractivity contribution is 0.101. The van der Waals surface area contributed by atoms with E-state index in [0.29, 0.717) is 23.1 Å². The summed E-state index contributed by atoms with van der Waals surface area (Å²) in [4.78, 5) is 0. The van der Waals surface area contributed by atoms with Gasteiger partial charge in [0.15, 0.2) is 0 Å². The molecule has 0 aliphatic carbocycles. The van der Waals surface area contributed by atoms with Crippen molar-refractivity contribution in [3.63, 3.8) is 0 Å². The predicted octanol–water partition coefficient (Wildman–Crippen LogP) is 3.37. The standard InChI is InChI=1S/C13H19ClFNO/c1-9(2)6-10(16)7-17-8-11-12(14)4-3-5-13(11)15/h3-5,9-10H,6-8,16H2,1-2H3/t10-/m0/s1. The topological polar surface area (TPSA) is 35.2 Å². The van der Waals surface area contributed by atoms with E-state index in [9.17, 15) is 4.39 Å². The van der Waals surface area contributed by atoms with Gasteiger partial charge in [-0.3, -0.25) is 0 Å². The summed E-state index contributed by atoms with van der Waals surface area (Å²) < 4.78 is 18.8. The maximum atomic E-state index is 13.4. The normalized spacial score (nSPS) is 13.1. The van der Waals surface area contributed by atoms with Gasteiger partial charge in [0.05, 0.1) is 13.2 Å². The molecule has 0 unspecified atom stereocenters. The second kappa shape index (κ2) is 6.94. The van der Waals surface area contributed by atoms with E-state index in [2.05, 4.69) is 13.8 Å². The van der Waals surface area contributed by atoms with Crippen molar-refractivity contribution in [2.45, 2.75) is 32.9 Å². The quantitative estimate of drug-likeness (QED) is 0.850. The van der Waals surface area contributed by atoms with Gasteiger partial charge in [-0.05, 0) is 24.5 Å². The zero-order chi connectivity index (χ0) is 12.8. The molecule has 0 fully saturated rings. The largest absolute Gasteiger partial charge is 0.375 e. The van der Waals surface area contributed by atoms with Crippen LogP contribution in [0.4, 0.5) is 4.39 Å². The molecule has 0 spiro atoms. The summed E-state index contributed by atoms with van der Waals surface area (Å²) in [5.41, 5.74) is 6.26. The van der Waals surface area contributed by atoms with Gasteiger partial charge in [-0.15, -0.1) is 0 Å². The Balaban J connectivity index is 2.41. The molecule has 0 aromatic heterocycles. The Hall–Kier alpha value is -0.640. The van der Waals surface area contributed by atoms with Crippen molar-refractivity contribution in [2.24, 2.45) is 11.7 Å². The molecule has 0 aliphatic heterocycles. The highest BCUT2D eigenvalue weighted by Gasteiger charge is 2.09. The van der Waals surface area contributed by atoms with E-state index in [-0.39, 0.29) is 18.5 Å². The van der Waals surface area contributed by atoms with Crippen LogP contribution in [0.5, 0.6) is 0 Å². The van der Waals surface area contributed by atoms with Gasteiger partial charge in [-0.25, -0.2) is 4.39 Å². The molecule has 0 heterocycles. The second-order valence-electron chi connectivity index (χ2n) is 4.60. The summed E-state index contributed by atoms with van der Waals surface area (Å²) in [7, 11) is 0. The maximum Gasteiger partial charge on any atom is 0.130 e. The Labute approximate surface area is 107 Å². The zero-order valence-corrected chi connectivity index (χ0v) is 11.0. The molecule has 0 saturated heterocycles. The molecule has 17 heavy (non-hydrogen) atoms. The maximum absolute atomic E-state index is 13.4. The van der Waals surface area contributed by atoms with Gasteiger partial charge < -0.3 is 10.5 Å². The number of halogens is 2. The van der Waals surface area contributed by atoms with Gasteiger partial charge >= 0.3 is 0 Å².